The number of methoxy groups -OCH3 is 2. The second kappa shape index (κ2) is 14.8. The Morgan fingerprint density at radius 1 is 1.07 bits per heavy atom. The van der Waals surface area contributed by atoms with Gasteiger partial charge in [0.15, 0.2) is 11.6 Å². The molecule has 4 amide bonds. The standard InChI is InChI=1S/C33H38F2N6O5/c1-45-20-27-29(31(42)46-2)30(22-9-10-25(34)26(35)16-22)41(33(44)38-27)32(43)37-18-21-6-5-13-40(19-21)24-11-14-39(15-12-24)28-8-4-3-7-23(28)17-36/h3-4,7-10,16,21,24,29-30H,5-6,11-15,18-20H2,1-2H3,(H,37,43). The molecule has 2 saturated heterocycles. The van der Waals surface area contributed by atoms with Crippen LogP contribution in [0, 0.1) is 34.8 Å². The van der Waals surface area contributed by atoms with Crippen molar-refractivity contribution < 1.29 is 32.6 Å². The van der Waals surface area contributed by atoms with Crippen LogP contribution in [0.2, 0.25) is 0 Å². The first kappa shape index (κ1) is 33.0. The molecule has 1 N–H and O–H groups in total. The van der Waals surface area contributed by atoms with Crippen LogP contribution in [-0.4, -0.2) is 93.1 Å². The predicted octanol–water partition coefficient (Wildman–Crippen LogP) is 4.28. The zero-order valence-corrected chi connectivity index (χ0v) is 26.0. The van der Waals surface area contributed by atoms with Crippen molar-refractivity contribution in [1.82, 2.24) is 15.1 Å². The number of nitriles is 1. The van der Waals surface area contributed by atoms with Gasteiger partial charge in [0.1, 0.15) is 12.0 Å². The van der Waals surface area contributed by atoms with Gasteiger partial charge in [0, 0.05) is 39.3 Å². The summed E-state index contributed by atoms with van der Waals surface area (Å²) < 4.78 is 38.3. The SMILES string of the molecule is COCC1=NC(=O)N(C(=O)NCC2CCCN(C3CCN(c4ccccc4C#N)CC3)C2)C(c2ccc(F)c(F)c2)C1C(=O)OC. The maximum atomic E-state index is 14.4. The summed E-state index contributed by atoms with van der Waals surface area (Å²) in [5, 5.41) is 12.3. The lowest BCUT2D eigenvalue weighted by Crippen LogP contribution is -2.55. The van der Waals surface area contributed by atoms with E-state index in [-0.39, 0.29) is 30.3 Å². The number of nitrogens with one attached hydrogen (secondary N) is 1. The maximum Gasteiger partial charge on any atom is 0.352 e. The largest absolute Gasteiger partial charge is 0.468 e. The van der Waals surface area contributed by atoms with Gasteiger partial charge in [-0.05, 0) is 68.0 Å². The number of ether oxygens (including phenoxy) is 2. The minimum atomic E-state index is -1.34. The number of rotatable bonds is 8. The molecule has 2 aromatic carbocycles. The Morgan fingerprint density at radius 3 is 2.52 bits per heavy atom. The number of nitrogens with zero attached hydrogens (tertiary/aromatic N) is 5. The van der Waals surface area contributed by atoms with Gasteiger partial charge >= 0.3 is 18.0 Å². The van der Waals surface area contributed by atoms with Gasteiger partial charge in [0.05, 0.1) is 36.7 Å². The molecule has 46 heavy (non-hydrogen) atoms. The van der Waals surface area contributed by atoms with Gasteiger partial charge in [0.2, 0.25) is 0 Å². The number of benzene rings is 2. The van der Waals surface area contributed by atoms with Crippen LogP contribution in [0.15, 0.2) is 47.5 Å². The van der Waals surface area contributed by atoms with E-state index in [2.05, 4.69) is 26.2 Å². The Bertz CT molecular complexity index is 1520. The van der Waals surface area contributed by atoms with Crippen molar-refractivity contribution in [2.45, 2.75) is 37.8 Å². The second-order valence-corrected chi connectivity index (χ2v) is 11.8. The first-order valence-corrected chi connectivity index (χ1v) is 15.4. The average Bonchev–Trinajstić information content (AvgIpc) is 3.08. The van der Waals surface area contributed by atoms with E-state index >= 15 is 0 Å². The van der Waals surface area contributed by atoms with Crippen LogP contribution < -0.4 is 10.2 Å². The zero-order valence-electron chi connectivity index (χ0n) is 26.0. The molecule has 11 nitrogen and oxygen atoms in total. The lowest BCUT2D eigenvalue weighted by molar-refractivity contribution is -0.144. The molecule has 3 heterocycles. The number of hydrogen-bond acceptors (Lipinski definition) is 8. The minimum absolute atomic E-state index is 0.0169. The van der Waals surface area contributed by atoms with Gasteiger partial charge < -0.3 is 19.7 Å². The number of aliphatic imine (C=N–C) groups is 1. The number of carbonyl (C=O) groups is 3. The first-order chi connectivity index (χ1) is 22.2. The van der Waals surface area contributed by atoms with E-state index in [4.69, 9.17) is 9.47 Å². The van der Waals surface area contributed by atoms with Crippen LogP contribution in [0.25, 0.3) is 0 Å². The molecule has 13 heteroatoms. The van der Waals surface area contributed by atoms with E-state index in [1.165, 1.54) is 13.2 Å². The molecule has 0 spiro atoms. The van der Waals surface area contributed by atoms with Crippen molar-refractivity contribution in [3.63, 3.8) is 0 Å². The molecule has 2 fully saturated rings. The molecule has 3 aliphatic heterocycles. The highest BCUT2D eigenvalue weighted by atomic mass is 19.2. The Labute approximate surface area is 266 Å². The van der Waals surface area contributed by atoms with Crippen LogP contribution in [0.5, 0.6) is 0 Å². The number of anilines is 1. The number of para-hydroxylation sites is 1. The van der Waals surface area contributed by atoms with Crippen molar-refractivity contribution in [2.75, 3.05) is 58.5 Å². The molecule has 3 aliphatic rings. The third kappa shape index (κ3) is 7.03. The van der Waals surface area contributed by atoms with E-state index in [0.29, 0.717) is 11.6 Å². The van der Waals surface area contributed by atoms with Gasteiger partial charge in [-0.1, -0.05) is 18.2 Å². The number of hydrogen-bond donors (Lipinski definition) is 1. The number of esters is 1. The molecule has 3 atom stereocenters. The summed E-state index contributed by atoms with van der Waals surface area (Å²) in [4.78, 5) is 49.3. The molecule has 5 rings (SSSR count). The Morgan fingerprint density at radius 2 is 1.83 bits per heavy atom. The monoisotopic (exact) mass is 636 g/mol. The van der Waals surface area contributed by atoms with Gasteiger partial charge in [-0.15, -0.1) is 0 Å². The van der Waals surface area contributed by atoms with Gasteiger partial charge in [0.25, 0.3) is 0 Å². The summed E-state index contributed by atoms with van der Waals surface area (Å²) in [6, 6.07) is 10.2. The molecule has 0 bridgehead atoms. The number of likely N-dealkylation sites (tertiary alicyclic amines) is 1. The average molecular weight is 637 g/mol. The smallest absolute Gasteiger partial charge is 0.352 e. The number of carbonyl (C=O) groups excluding carboxylic acids is 3. The second-order valence-electron chi connectivity index (χ2n) is 11.8. The molecule has 3 unspecified atom stereocenters. The van der Waals surface area contributed by atoms with E-state index in [0.717, 1.165) is 81.7 Å². The molecular weight excluding hydrogens is 598 g/mol. The molecule has 244 valence electrons. The highest BCUT2D eigenvalue weighted by Crippen LogP contribution is 2.36. The predicted molar refractivity (Wildman–Crippen MR) is 165 cm³/mol. The van der Waals surface area contributed by atoms with Crippen molar-refractivity contribution >= 4 is 29.4 Å². The highest BCUT2D eigenvalue weighted by molar-refractivity contribution is 6.12. The molecule has 0 aliphatic carbocycles. The first-order valence-electron chi connectivity index (χ1n) is 15.4. The summed E-state index contributed by atoms with van der Waals surface area (Å²) in [6.45, 7) is 3.47. The number of imide groups is 1. The lowest BCUT2D eigenvalue weighted by atomic mass is 9.86. The van der Waals surface area contributed by atoms with Gasteiger partial charge in [-0.2, -0.15) is 10.3 Å². The molecule has 0 saturated carbocycles. The van der Waals surface area contributed by atoms with E-state index in [9.17, 15) is 28.4 Å². The topological polar surface area (TPSA) is 128 Å². The highest BCUT2D eigenvalue weighted by Gasteiger charge is 2.47. The summed E-state index contributed by atoms with van der Waals surface area (Å²) in [7, 11) is 2.51. The Hall–Kier alpha value is -4.41. The number of piperidine rings is 2. The number of amides is 4. The maximum absolute atomic E-state index is 14.4. The zero-order chi connectivity index (χ0) is 32.8. The molecule has 0 aromatic heterocycles. The Kier molecular flexibility index (Phi) is 10.6. The number of urea groups is 2. The molecule has 0 radical (unpaired) electrons. The fourth-order valence-corrected chi connectivity index (χ4v) is 6.84. The van der Waals surface area contributed by atoms with E-state index in [1.807, 2.05) is 24.3 Å². The van der Waals surface area contributed by atoms with Crippen molar-refractivity contribution in [3.8, 4) is 6.07 Å². The van der Waals surface area contributed by atoms with Crippen LogP contribution >= 0.6 is 0 Å². The third-order valence-electron chi connectivity index (χ3n) is 9.09. The van der Waals surface area contributed by atoms with E-state index in [1.54, 1.807) is 0 Å². The number of halogens is 2. The fraction of sp³-hybridized carbons (Fsp3) is 0.485. The van der Waals surface area contributed by atoms with Crippen LogP contribution in [0.1, 0.15) is 42.9 Å². The van der Waals surface area contributed by atoms with Crippen LogP contribution in [0.4, 0.5) is 24.1 Å². The molecule has 2 aromatic rings. The van der Waals surface area contributed by atoms with Gasteiger partial charge in [-0.3, -0.25) is 9.69 Å². The van der Waals surface area contributed by atoms with Crippen molar-refractivity contribution in [1.29, 1.82) is 5.26 Å². The van der Waals surface area contributed by atoms with Crippen molar-refractivity contribution in [2.24, 2.45) is 16.8 Å². The summed E-state index contributed by atoms with van der Waals surface area (Å²) in [5.74, 6) is -4.27. The van der Waals surface area contributed by atoms with E-state index < -0.39 is 41.6 Å². The van der Waals surface area contributed by atoms with Crippen LogP contribution in [-0.2, 0) is 14.3 Å². The summed E-state index contributed by atoms with van der Waals surface area (Å²) in [5.41, 5.74) is 1.69. The normalized spacial score (nSPS) is 22.6. The van der Waals surface area contributed by atoms with Gasteiger partial charge in [-0.25, -0.2) is 23.3 Å². The van der Waals surface area contributed by atoms with Crippen molar-refractivity contribution in [3.05, 3.63) is 65.2 Å². The summed E-state index contributed by atoms with van der Waals surface area (Å²) in [6.07, 6.45) is 3.74. The summed E-state index contributed by atoms with van der Waals surface area (Å²) >= 11 is 0. The quantitative estimate of drug-likeness (QED) is 0.426. The Balaban J connectivity index is 1.26. The van der Waals surface area contributed by atoms with Crippen LogP contribution in [0.3, 0.4) is 0 Å². The molecular formula is C33H38F2N6O5. The third-order valence-corrected chi connectivity index (χ3v) is 9.09. The lowest BCUT2D eigenvalue weighted by Gasteiger charge is -2.43. The minimum Gasteiger partial charge on any atom is -0.468 e. The fourth-order valence-electron chi connectivity index (χ4n) is 6.84.